The molecule has 0 N–H and O–H groups in total. The molecule has 0 bridgehead atoms. The largest absolute Gasteiger partial charge is 0.377 e. The monoisotopic (exact) mass is 340 g/mol. The fourth-order valence-corrected chi connectivity index (χ4v) is 4.31. The van der Waals surface area contributed by atoms with Crippen LogP contribution in [0.25, 0.3) is 0 Å². The van der Waals surface area contributed by atoms with Crippen molar-refractivity contribution in [3.63, 3.8) is 0 Å². The third kappa shape index (κ3) is 2.75. The number of methoxy groups -OCH3 is 1. The smallest absolute Gasteiger partial charge is 0.243 e. The highest BCUT2D eigenvalue weighted by Gasteiger charge is 2.36. The van der Waals surface area contributed by atoms with Gasteiger partial charge in [0, 0.05) is 20.2 Å². The van der Waals surface area contributed by atoms with E-state index in [9.17, 15) is 12.8 Å². The van der Waals surface area contributed by atoms with E-state index >= 15 is 0 Å². The van der Waals surface area contributed by atoms with Gasteiger partial charge in [-0.05, 0) is 31.2 Å². The Labute approximate surface area is 133 Å². The van der Waals surface area contributed by atoms with Gasteiger partial charge in [0.1, 0.15) is 12.4 Å². The summed E-state index contributed by atoms with van der Waals surface area (Å²) in [6.07, 6.45) is 0. The van der Waals surface area contributed by atoms with Gasteiger partial charge in [-0.2, -0.15) is 4.31 Å². The number of benzene rings is 1. The van der Waals surface area contributed by atoms with Crippen LogP contribution in [0.2, 0.25) is 0 Å². The topological polar surface area (TPSA) is 77.3 Å². The van der Waals surface area contributed by atoms with Crippen LogP contribution in [0.5, 0.6) is 0 Å². The molecule has 1 aliphatic rings. The summed E-state index contributed by atoms with van der Waals surface area (Å²) in [7, 11) is -2.15. The Morgan fingerprint density at radius 1 is 1.26 bits per heavy atom. The molecular formula is C14H17FN4O3S. The molecule has 3 rings (SSSR count). The number of hydrogen-bond acceptors (Lipinski definition) is 5. The summed E-state index contributed by atoms with van der Waals surface area (Å²) in [6, 6.07) is 4.36. The van der Waals surface area contributed by atoms with E-state index in [1.807, 2.05) is 4.57 Å². The van der Waals surface area contributed by atoms with Gasteiger partial charge < -0.3 is 9.30 Å². The van der Waals surface area contributed by atoms with Gasteiger partial charge in [-0.1, -0.05) is 0 Å². The molecule has 0 fully saturated rings. The molecule has 0 radical (unpaired) electrons. The first-order chi connectivity index (χ1) is 10.9. The van der Waals surface area contributed by atoms with Crippen LogP contribution in [0.1, 0.15) is 24.6 Å². The molecular weight excluding hydrogens is 323 g/mol. The Morgan fingerprint density at radius 2 is 1.96 bits per heavy atom. The highest BCUT2D eigenvalue weighted by Crippen LogP contribution is 2.30. The summed E-state index contributed by atoms with van der Waals surface area (Å²) in [5, 5.41) is 8.15. The van der Waals surface area contributed by atoms with E-state index in [1.165, 1.54) is 16.4 Å². The van der Waals surface area contributed by atoms with Crippen LogP contribution in [0, 0.1) is 5.82 Å². The zero-order chi connectivity index (χ0) is 16.6. The van der Waals surface area contributed by atoms with E-state index in [0.29, 0.717) is 31.3 Å². The summed E-state index contributed by atoms with van der Waals surface area (Å²) in [4.78, 5) is 0.0656. The number of nitrogens with zero attached hydrogens (tertiary/aromatic N) is 4. The minimum absolute atomic E-state index is 0.0656. The third-order valence-electron chi connectivity index (χ3n) is 3.90. The molecule has 1 atom stereocenters. The van der Waals surface area contributed by atoms with Gasteiger partial charge in [-0.3, -0.25) is 0 Å². The molecule has 124 valence electrons. The van der Waals surface area contributed by atoms with Gasteiger partial charge in [0.15, 0.2) is 11.6 Å². The normalized spacial score (nSPS) is 18.8. The molecule has 2 heterocycles. The van der Waals surface area contributed by atoms with Crippen molar-refractivity contribution >= 4 is 10.0 Å². The fraction of sp³-hybridized carbons (Fsp3) is 0.429. The van der Waals surface area contributed by atoms with Crippen molar-refractivity contribution in [1.29, 1.82) is 0 Å². The van der Waals surface area contributed by atoms with Crippen molar-refractivity contribution < 1.29 is 17.5 Å². The lowest BCUT2D eigenvalue weighted by Crippen LogP contribution is -2.41. The standard InChI is InChI=1S/C14H17FN4O3S/c1-10-14-17-16-13(9-22-2)18(14)7-8-19(10)23(20,21)12-5-3-11(15)4-6-12/h3-6,10H,7-9H2,1-2H3/t10-/m1/s1. The van der Waals surface area contributed by atoms with Crippen molar-refractivity contribution in [2.75, 3.05) is 13.7 Å². The molecule has 0 amide bonds. The van der Waals surface area contributed by atoms with Crippen LogP contribution >= 0.6 is 0 Å². The zero-order valence-corrected chi connectivity index (χ0v) is 13.6. The van der Waals surface area contributed by atoms with Crippen LogP contribution in [-0.2, 0) is 27.9 Å². The molecule has 0 saturated carbocycles. The highest BCUT2D eigenvalue weighted by atomic mass is 32.2. The van der Waals surface area contributed by atoms with Crippen LogP contribution in [-0.4, -0.2) is 41.1 Å². The number of aromatic nitrogens is 3. The van der Waals surface area contributed by atoms with Crippen molar-refractivity contribution in [3.05, 3.63) is 41.7 Å². The molecule has 0 aliphatic carbocycles. The first kappa shape index (κ1) is 16.0. The first-order valence-corrected chi connectivity index (χ1v) is 8.57. The molecule has 23 heavy (non-hydrogen) atoms. The van der Waals surface area contributed by atoms with Gasteiger partial charge in [-0.15, -0.1) is 10.2 Å². The summed E-state index contributed by atoms with van der Waals surface area (Å²) >= 11 is 0. The number of sulfonamides is 1. The summed E-state index contributed by atoms with van der Waals surface area (Å²) in [5.74, 6) is 0.779. The van der Waals surface area contributed by atoms with Gasteiger partial charge in [-0.25, -0.2) is 12.8 Å². The second kappa shape index (κ2) is 5.99. The van der Waals surface area contributed by atoms with E-state index in [0.717, 1.165) is 12.1 Å². The Kier molecular flexibility index (Phi) is 4.17. The lowest BCUT2D eigenvalue weighted by Gasteiger charge is -2.32. The molecule has 2 aromatic rings. The Hall–Kier alpha value is -1.84. The van der Waals surface area contributed by atoms with E-state index < -0.39 is 21.9 Å². The van der Waals surface area contributed by atoms with Crippen molar-refractivity contribution in [2.24, 2.45) is 0 Å². The molecule has 1 aromatic carbocycles. The second-order valence-corrected chi connectivity index (χ2v) is 7.20. The maximum Gasteiger partial charge on any atom is 0.243 e. The molecule has 7 nitrogen and oxygen atoms in total. The second-order valence-electron chi connectivity index (χ2n) is 5.30. The van der Waals surface area contributed by atoms with Crippen LogP contribution in [0.3, 0.4) is 0 Å². The number of fused-ring (bicyclic) bond motifs is 1. The minimum Gasteiger partial charge on any atom is -0.377 e. The SMILES string of the molecule is COCc1nnc2n1CCN(S(=O)(=O)c1ccc(F)cc1)[C@@H]2C. The minimum atomic E-state index is -3.72. The van der Waals surface area contributed by atoms with E-state index in [1.54, 1.807) is 14.0 Å². The first-order valence-electron chi connectivity index (χ1n) is 7.13. The van der Waals surface area contributed by atoms with Gasteiger partial charge >= 0.3 is 0 Å². The maximum absolute atomic E-state index is 13.0. The van der Waals surface area contributed by atoms with Gasteiger partial charge in [0.25, 0.3) is 0 Å². The molecule has 0 spiro atoms. The molecule has 9 heteroatoms. The average molecular weight is 340 g/mol. The lowest BCUT2D eigenvalue weighted by molar-refractivity contribution is 0.170. The third-order valence-corrected chi connectivity index (χ3v) is 5.88. The molecule has 1 aliphatic heterocycles. The molecule has 0 saturated heterocycles. The van der Waals surface area contributed by atoms with Crippen molar-refractivity contribution in [1.82, 2.24) is 19.1 Å². The van der Waals surface area contributed by atoms with E-state index in [4.69, 9.17) is 4.74 Å². The molecule has 1 aromatic heterocycles. The summed E-state index contributed by atoms with van der Waals surface area (Å²) in [6.45, 7) is 2.83. The Morgan fingerprint density at radius 3 is 2.61 bits per heavy atom. The fourth-order valence-electron chi connectivity index (χ4n) is 2.73. The number of halogens is 1. The van der Waals surface area contributed by atoms with E-state index in [2.05, 4.69) is 10.2 Å². The quantitative estimate of drug-likeness (QED) is 0.839. The van der Waals surface area contributed by atoms with Crippen LogP contribution < -0.4 is 0 Å². The van der Waals surface area contributed by atoms with Crippen molar-refractivity contribution in [2.45, 2.75) is 31.0 Å². The lowest BCUT2D eigenvalue weighted by atomic mass is 10.2. The van der Waals surface area contributed by atoms with Crippen LogP contribution in [0.15, 0.2) is 29.2 Å². The Balaban J connectivity index is 1.94. The predicted octanol–water partition coefficient (Wildman–Crippen LogP) is 1.33. The van der Waals surface area contributed by atoms with Crippen LogP contribution in [0.4, 0.5) is 4.39 Å². The van der Waals surface area contributed by atoms with Crippen molar-refractivity contribution in [3.8, 4) is 0 Å². The average Bonchev–Trinajstić information content (AvgIpc) is 2.92. The predicted molar refractivity (Wildman–Crippen MR) is 79.4 cm³/mol. The summed E-state index contributed by atoms with van der Waals surface area (Å²) in [5.41, 5.74) is 0. The maximum atomic E-state index is 13.0. The number of ether oxygens (including phenoxy) is 1. The summed E-state index contributed by atoms with van der Waals surface area (Å²) < 4.78 is 46.9. The Bertz CT molecular complexity index is 804. The number of rotatable bonds is 4. The number of hydrogen-bond donors (Lipinski definition) is 0. The highest BCUT2D eigenvalue weighted by molar-refractivity contribution is 7.89. The molecule has 0 unspecified atom stereocenters. The zero-order valence-electron chi connectivity index (χ0n) is 12.8. The van der Waals surface area contributed by atoms with E-state index in [-0.39, 0.29) is 4.90 Å². The van der Waals surface area contributed by atoms with Gasteiger partial charge in [0.05, 0.1) is 10.9 Å². The van der Waals surface area contributed by atoms with Gasteiger partial charge in [0.2, 0.25) is 10.0 Å².